The lowest BCUT2D eigenvalue weighted by atomic mass is 9.88. The quantitative estimate of drug-likeness (QED) is 0.224. The molecule has 0 amide bonds. The first-order valence-electron chi connectivity index (χ1n) is 12.1. The van der Waals surface area contributed by atoms with E-state index in [4.69, 9.17) is 9.47 Å². The number of benzene rings is 2. The first kappa shape index (κ1) is 27.6. The molecule has 0 aliphatic carbocycles. The molecule has 2 aromatic carbocycles. The maximum atomic E-state index is 11.8. The molecule has 4 nitrogen and oxygen atoms in total. The lowest BCUT2D eigenvalue weighted by Crippen LogP contribution is -2.47. The van der Waals surface area contributed by atoms with Gasteiger partial charge >= 0.3 is 11.9 Å². The van der Waals surface area contributed by atoms with Gasteiger partial charge in [0.05, 0.1) is 14.7 Å². The van der Waals surface area contributed by atoms with E-state index in [1.165, 1.54) is 30.2 Å². The largest absolute Gasteiger partial charge is 0.465 e. The van der Waals surface area contributed by atoms with Crippen molar-refractivity contribution >= 4 is 25.2 Å². The van der Waals surface area contributed by atoms with E-state index in [-0.39, 0.29) is 36.5 Å². The van der Waals surface area contributed by atoms with Gasteiger partial charge in [0.15, 0.2) is 0 Å². The van der Waals surface area contributed by atoms with Crippen LogP contribution in [0.15, 0.2) is 72.3 Å². The number of ether oxygens (including phenoxy) is 2. The number of carbonyl (C=O) groups excluding carboxylic acids is 2. The summed E-state index contributed by atoms with van der Waals surface area (Å²) < 4.78 is 10.9. The predicted molar refractivity (Wildman–Crippen MR) is 142 cm³/mol. The molecular weight excluding hydrogens is 440 g/mol. The van der Waals surface area contributed by atoms with Gasteiger partial charge in [0.1, 0.15) is 6.10 Å². The summed E-state index contributed by atoms with van der Waals surface area (Å²) in [5.41, 5.74) is 2.92. The van der Waals surface area contributed by atoms with Crippen LogP contribution >= 0.6 is 0 Å². The summed E-state index contributed by atoms with van der Waals surface area (Å²) in [5.74, 6) is -0.636. The van der Waals surface area contributed by atoms with E-state index in [1.54, 1.807) is 0 Å². The van der Waals surface area contributed by atoms with Crippen molar-refractivity contribution in [3.8, 4) is 0 Å². The third-order valence-electron chi connectivity index (χ3n) is 6.52. The van der Waals surface area contributed by atoms with Gasteiger partial charge in [0.2, 0.25) is 0 Å². The molecule has 2 rings (SSSR count). The van der Waals surface area contributed by atoms with Crippen LogP contribution in [0.3, 0.4) is 0 Å². The first-order chi connectivity index (χ1) is 16.0. The van der Waals surface area contributed by atoms with Gasteiger partial charge in [-0.25, -0.2) is 0 Å². The molecule has 0 fully saturated rings. The topological polar surface area (TPSA) is 52.6 Å². The van der Waals surface area contributed by atoms with Gasteiger partial charge in [0.25, 0.3) is 0 Å². The zero-order chi connectivity index (χ0) is 25.3. The second-order valence-electron chi connectivity index (χ2n) is 10.0. The van der Waals surface area contributed by atoms with E-state index in [0.717, 1.165) is 6.42 Å². The molecule has 0 saturated carbocycles. The van der Waals surface area contributed by atoms with Crippen molar-refractivity contribution < 1.29 is 19.1 Å². The summed E-state index contributed by atoms with van der Waals surface area (Å²) in [6.07, 6.45) is 2.90. The van der Waals surface area contributed by atoms with Crippen LogP contribution in [0.5, 0.6) is 0 Å². The van der Waals surface area contributed by atoms with Crippen LogP contribution < -0.4 is 5.19 Å². The smallest absolute Gasteiger partial charge is 0.302 e. The molecule has 0 unspecified atom stereocenters. The van der Waals surface area contributed by atoms with E-state index in [0.29, 0.717) is 5.54 Å². The van der Waals surface area contributed by atoms with Gasteiger partial charge in [-0.2, -0.15) is 0 Å². The monoisotopic (exact) mass is 480 g/mol. The highest BCUT2D eigenvalue weighted by molar-refractivity contribution is 6.91. The summed E-state index contributed by atoms with van der Waals surface area (Å²) in [6, 6.07) is 21.5. The molecule has 0 saturated heterocycles. The van der Waals surface area contributed by atoms with Crippen LogP contribution in [0.1, 0.15) is 52.1 Å². The minimum atomic E-state index is -1.88. The Morgan fingerprint density at radius 3 is 1.94 bits per heavy atom. The van der Waals surface area contributed by atoms with Crippen LogP contribution in [-0.4, -0.2) is 32.7 Å². The third-order valence-corrected chi connectivity index (χ3v) is 10.4. The van der Waals surface area contributed by atoms with Crippen molar-refractivity contribution in [2.75, 3.05) is 6.61 Å². The number of esters is 2. The number of rotatable bonds is 11. The molecule has 0 N–H and O–H groups in total. The summed E-state index contributed by atoms with van der Waals surface area (Å²) in [4.78, 5) is 23.1. The molecule has 0 bridgehead atoms. The Bertz CT molecular complexity index is 953. The SMILES string of the molecule is CC(=O)OC[C@H](C)[C@@H](OC(C)=O)[C@@H](C)C/C(C)=C\[C@@H](c1ccccc1)[Si](C)(C)c1ccccc1. The molecule has 0 aliphatic heterocycles. The predicted octanol–water partition coefficient (Wildman–Crippen LogP) is 6.03. The zero-order valence-corrected chi connectivity index (χ0v) is 22.7. The maximum Gasteiger partial charge on any atom is 0.302 e. The van der Waals surface area contributed by atoms with Crippen molar-refractivity contribution in [3.05, 3.63) is 77.9 Å². The molecule has 0 radical (unpaired) electrons. The van der Waals surface area contributed by atoms with E-state index in [9.17, 15) is 9.59 Å². The van der Waals surface area contributed by atoms with E-state index in [1.807, 2.05) is 6.92 Å². The van der Waals surface area contributed by atoms with Crippen molar-refractivity contribution in [3.63, 3.8) is 0 Å². The Hall–Kier alpha value is -2.66. The lowest BCUT2D eigenvalue weighted by molar-refractivity contribution is -0.155. The molecular formula is C29H40O4Si. The van der Waals surface area contributed by atoms with Gasteiger partial charge in [0, 0.05) is 25.3 Å². The third kappa shape index (κ3) is 7.98. The zero-order valence-electron chi connectivity index (χ0n) is 21.7. The van der Waals surface area contributed by atoms with Crippen molar-refractivity contribution in [2.24, 2.45) is 11.8 Å². The molecule has 184 valence electrons. The van der Waals surface area contributed by atoms with Gasteiger partial charge in [-0.15, -0.1) is 0 Å². The minimum absolute atomic E-state index is 0.0867. The summed E-state index contributed by atoms with van der Waals surface area (Å²) in [6.45, 7) is 14.2. The van der Waals surface area contributed by atoms with Gasteiger partial charge in [-0.05, 0) is 24.8 Å². The second kappa shape index (κ2) is 12.7. The Balaban J connectivity index is 2.32. The normalized spacial score (nSPS) is 15.7. The highest BCUT2D eigenvalue weighted by Gasteiger charge is 2.34. The molecule has 0 aromatic heterocycles. The number of hydrogen-bond donors (Lipinski definition) is 0. The van der Waals surface area contributed by atoms with Crippen molar-refractivity contribution in [2.45, 2.75) is 65.8 Å². The number of allylic oxidation sites excluding steroid dienone is 2. The van der Waals surface area contributed by atoms with Gasteiger partial charge in [-0.3, -0.25) is 9.59 Å². The Morgan fingerprint density at radius 2 is 1.41 bits per heavy atom. The van der Waals surface area contributed by atoms with Crippen LogP contribution in [0.4, 0.5) is 0 Å². The second-order valence-corrected chi connectivity index (χ2v) is 14.7. The van der Waals surface area contributed by atoms with Gasteiger partial charge < -0.3 is 9.47 Å². The maximum absolute atomic E-state index is 11.8. The lowest BCUT2D eigenvalue weighted by Gasteiger charge is -2.33. The summed E-state index contributed by atoms with van der Waals surface area (Å²) >= 11 is 0. The van der Waals surface area contributed by atoms with Crippen LogP contribution in [-0.2, 0) is 19.1 Å². The Labute approximate surface area is 206 Å². The molecule has 5 heteroatoms. The van der Waals surface area contributed by atoms with Gasteiger partial charge in [-0.1, -0.05) is 104 Å². The highest BCUT2D eigenvalue weighted by atomic mass is 28.3. The first-order valence-corrected chi connectivity index (χ1v) is 15.2. The fraction of sp³-hybridized carbons (Fsp3) is 0.448. The van der Waals surface area contributed by atoms with Crippen LogP contribution in [0.25, 0.3) is 0 Å². The number of hydrogen-bond acceptors (Lipinski definition) is 4. The summed E-state index contributed by atoms with van der Waals surface area (Å²) in [7, 11) is -1.88. The fourth-order valence-corrected chi connectivity index (χ4v) is 7.87. The highest BCUT2D eigenvalue weighted by Crippen LogP contribution is 2.32. The van der Waals surface area contributed by atoms with Crippen molar-refractivity contribution in [1.82, 2.24) is 0 Å². The van der Waals surface area contributed by atoms with E-state index in [2.05, 4.69) is 93.7 Å². The van der Waals surface area contributed by atoms with E-state index < -0.39 is 8.07 Å². The average Bonchev–Trinajstić information content (AvgIpc) is 2.80. The fourth-order valence-electron chi connectivity index (χ4n) is 4.73. The molecule has 4 atom stereocenters. The molecule has 0 spiro atoms. The molecule has 34 heavy (non-hydrogen) atoms. The van der Waals surface area contributed by atoms with Crippen LogP contribution in [0, 0.1) is 11.8 Å². The molecule has 0 heterocycles. The summed E-state index contributed by atoms with van der Waals surface area (Å²) in [5, 5.41) is 1.42. The molecule has 0 aliphatic rings. The average molecular weight is 481 g/mol. The van der Waals surface area contributed by atoms with Crippen molar-refractivity contribution in [1.29, 1.82) is 0 Å². The standard InChI is InChI=1S/C29H40O4Si/c1-21(18-22(2)29(33-25(5)31)23(3)20-32-24(4)30)19-28(26-14-10-8-11-15-26)34(6,7)27-16-12-9-13-17-27/h8-17,19,22-23,28-29H,18,20H2,1-7H3/b21-19-/t22-,23-,28-,29-/m0/s1. The minimum Gasteiger partial charge on any atom is -0.465 e. The number of carbonyl (C=O) groups is 2. The van der Waals surface area contributed by atoms with E-state index >= 15 is 0 Å². The van der Waals surface area contributed by atoms with Crippen LogP contribution in [0.2, 0.25) is 13.1 Å². The Morgan fingerprint density at radius 1 is 0.853 bits per heavy atom. The Kier molecular flexibility index (Phi) is 10.3. The molecule has 2 aromatic rings.